The van der Waals surface area contributed by atoms with E-state index in [4.69, 9.17) is 4.42 Å². The Labute approximate surface area is 88.7 Å². The monoisotopic (exact) mass is 205 g/mol. The Hall–Kier alpha value is -1.71. The first-order chi connectivity index (χ1) is 7.25. The van der Waals surface area contributed by atoms with Crippen molar-refractivity contribution in [2.24, 2.45) is 5.92 Å². The van der Waals surface area contributed by atoms with Gasteiger partial charge in [0.1, 0.15) is 5.82 Å². The normalized spacial score (nSPS) is 10.9. The third-order valence-electron chi connectivity index (χ3n) is 2.10. The van der Waals surface area contributed by atoms with Crippen molar-refractivity contribution < 1.29 is 4.42 Å². The minimum atomic E-state index is 0.610. The van der Waals surface area contributed by atoms with Crippen LogP contribution in [0.1, 0.15) is 13.8 Å². The molecule has 15 heavy (non-hydrogen) atoms. The number of hydrogen-bond donors (Lipinski definition) is 2. The lowest BCUT2D eigenvalue weighted by molar-refractivity contribution is 0.568. The van der Waals surface area contributed by atoms with Crippen molar-refractivity contribution in [2.75, 3.05) is 11.9 Å². The Morgan fingerprint density at radius 3 is 3.07 bits per heavy atom. The molecule has 2 heterocycles. The second-order valence-corrected chi connectivity index (χ2v) is 3.95. The zero-order chi connectivity index (χ0) is 10.7. The van der Waals surface area contributed by atoms with Crippen LogP contribution in [0.2, 0.25) is 0 Å². The van der Waals surface area contributed by atoms with Gasteiger partial charge in [-0.3, -0.25) is 5.10 Å². The van der Waals surface area contributed by atoms with Crippen molar-refractivity contribution in [2.45, 2.75) is 13.8 Å². The minimum Gasteiger partial charge on any atom is -0.472 e. The zero-order valence-electron chi connectivity index (χ0n) is 8.95. The van der Waals surface area contributed by atoms with E-state index in [9.17, 15) is 0 Å². The molecule has 4 nitrogen and oxygen atoms in total. The molecule has 0 amide bonds. The fraction of sp³-hybridized carbons (Fsp3) is 0.364. The fourth-order valence-corrected chi connectivity index (χ4v) is 1.29. The molecule has 0 atom stereocenters. The summed E-state index contributed by atoms with van der Waals surface area (Å²) in [4.78, 5) is 0. The highest BCUT2D eigenvalue weighted by molar-refractivity contribution is 5.61. The van der Waals surface area contributed by atoms with E-state index in [-0.39, 0.29) is 0 Å². The van der Waals surface area contributed by atoms with Gasteiger partial charge in [0.05, 0.1) is 18.2 Å². The number of furan rings is 1. The maximum absolute atomic E-state index is 5.01. The average molecular weight is 205 g/mol. The van der Waals surface area contributed by atoms with Crippen LogP contribution in [0.3, 0.4) is 0 Å². The Morgan fingerprint density at radius 1 is 1.53 bits per heavy atom. The Balaban J connectivity index is 2.04. The summed E-state index contributed by atoms with van der Waals surface area (Å²) in [6.07, 6.45) is 3.34. The third-order valence-corrected chi connectivity index (χ3v) is 2.10. The second-order valence-electron chi connectivity index (χ2n) is 3.95. The average Bonchev–Trinajstić information content (AvgIpc) is 2.85. The lowest BCUT2D eigenvalue weighted by Crippen LogP contribution is -2.07. The number of aromatic nitrogens is 2. The van der Waals surface area contributed by atoms with Crippen LogP contribution in [0, 0.1) is 5.92 Å². The maximum Gasteiger partial charge on any atom is 0.148 e. The van der Waals surface area contributed by atoms with E-state index in [0.717, 1.165) is 23.6 Å². The minimum absolute atomic E-state index is 0.610. The Bertz CT molecular complexity index is 403. The zero-order valence-corrected chi connectivity index (χ0v) is 8.95. The largest absolute Gasteiger partial charge is 0.472 e. The van der Waals surface area contributed by atoms with Crippen LogP contribution in [-0.4, -0.2) is 16.7 Å². The molecule has 2 N–H and O–H groups in total. The second kappa shape index (κ2) is 4.21. The van der Waals surface area contributed by atoms with E-state index in [2.05, 4.69) is 29.4 Å². The quantitative estimate of drug-likeness (QED) is 0.806. The van der Waals surface area contributed by atoms with Crippen LogP contribution >= 0.6 is 0 Å². The summed E-state index contributed by atoms with van der Waals surface area (Å²) in [6.45, 7) is 5.25. The molecular formula is C11H15N3O. The van der Waals surface area contributed by atoms with Crippen molar-refractivity contribution in [3.05, 3.63) is 24.7 Å². The van der Waals surface area contributed by atoms with Gasteiger partial charge in [0, 0.05) is 18.2 Å². The number of nitrogens with one attached hydrogen (secondary N) is 2. The molecule has 0 saturated carbocycles. The highest BCUT2D eigenvalue weighted by Gasteiger charge is 2.04. The summed E-state index contributed by atoms with van der Waals surface area (Å²) in [7, 11) is 0. The maximum atomic E-state index is 5.01. The smallest absolute Gasteiger partial charge is 0.148 e. The molecular weight excluding hydrogens is 190 g/mol. The number of aromatic amines is 1. The van der Waals surface area contributed by atoms with Crippen LogP contribution in [0.15, 0.2) is 29.1 Å². The van der Waals surface area contributed by atoms with E-state index in [1.807, 2.05) is 12.1 Å². The summed E-state index contributed by atoms with van der Waals surface area (Å²) in [5.41, 5.74) is 1.98. The van der Waals surface area contributed by atoms with Crippen molar-refractivity contribution >= 4 is 5.82 Å². The van der Waals surface area contributed by atoms with Gasteiger partial charge in [-0.2, -0.15) is 5.10 Å². The van der Waals surface area contributed by atoms with Gasteiger partial charge in [0.2, 0.25) is 0 Å². The highest BCUT2D eigenvalue weighted by atomic mass is 16.3. The molecule has 0 fully saturated rings. The van der Waals surface area contributed by atoms with Crippen LogP contribution in [0.4, 0.5) is 5.82 Å². The SMILES string of the molecule is CC(C)CNc1cc(-c2ccoc2)[nH]n1. The van der Waals surface area contributed by atoms with E-state index in [0.29, 0.717) is 5.92 Å². The molecule has 80 valence electrons. The molecule has 0 spiro atoms. The molecule has 0 aliphatic rings. The van der Waals surface area contributed by atoms with Gasteiger partial charge >= 0.3 is 0 Å². The number of nitrogens with zero attached hydrogens (tertiary/aromatic N) is 1. The van der Waals surface area contributed by atoms with Gasteiger partial charge in [-0.1, -0.05) is 13.8 Å². The van der Waals surface area contributed by atoms with Crippen molar-refractivity contribution in [1.82, 2.24) is 10.2 Å². The van der Waals surface area contributed by atoms with E-state index < -0.39 is 0 Å². The van der Waals surface area contributed by atoms with Crippen LogP contribution in [0.5, 0.6) is 0 Å². The summed E-state index contributed by atoms with van der Waals surface area (Å²) in [5.74, 6) is 1.49. The molecule has 4 heteroatoms. The van der Waals surface area contributed by atoms with Crippen LogP contribution < -0.4 is 5.32 Å². The predicted molar refractivity (Wildman–Crippen MR) is 59.6 cm³/mol. The molecule has 0 aromatic carbocycles. The third kappa shape index (κ3) is 2.40. The van der Waals surface area contributed by atoms with Gasteiger partial charge in [-0.05, 0) is 12.0 Å². The molecule has 0 radical (unpaired) electrons. The van der Waals surface area contributed by atoms with E-state index >= 15 is 0 Å². The van der Waals surface area contributed by atoms with Gasteiger partial charge in [-0.15, -0.1) is 0 Å². The molecule has 0 aliphatic heterocycles. The molecule has 0 aliphatic carbocycles. The van der Waals surface area contributed by atoms with E-state index in [1.165, 1.54) is 0 Å². The fourth-order valence-electron chi connectivity index (χ4n) is 1.29. The van der Waals surface area contributed by atoms with Gasteiger partial charge in [-0.25, -0.2) is 0 Å². The van der Waals surface area contributed by atoms with Gasteiger partial charge in [0.25, 0.3) is 0 Å². The standard InChI is InChI=1S/C11H15N3O/c1-8(2)6-12-11-5-10(13-14-11)9-3-4-15-7-9/h3-5,7-8H,6H2,1-2H3,(H2,12,13,14). The van der Waals surface area contributed by atoms with Crippen LogP contribution in [0.25, 0.3) is 11.3 Å². The lowest BCUT2D eigenvalue weighted by atomic mass is 10.2. The number of hydrogen-bond acceptors (Lipinski definition) is 3. The first-order valence-electron chi connectivity index (χ1n) is 5.07. The Kier molecular flexibility index (Phi) is 2.76. The first kappa shape index (κ1) is 9.83. The highest BCUT2D eigenvalue weighted by Crippen LogP contribution is 2.19. The number of H-pyrrole nitrogens is 1. The van der Waals surface area contributed by atoms with Gasteiger partial charge in [0.15, 0.2) is 0 Å². The van der Waals surface area contributed by atoms with Crippen molar-refractivity contribution in [1.29, 1.82) is 0 Å². The topological polar surface area (TPSA) is 53.9 Å². The van der Waals surface area contributed by atoms with E-state index in [1.54, 1.807) is 12.5 Å². The molecule has 2 aromatic heterocycles. The first-order valence-corrected chi connectivity index (χ1v) is 5.07. The molecule has 0 saturated heterocycles. The van der Waals surface area contributed by atoms with Crippen molar-refractivity contribution in [3.8, 4) is 11.3 Å². The predicted octanol–water partition coefficient (Wildman–Crippen LogP) is 2.74. The summed E-state index contributed by atoms with van der Waals surface area (Å²) >= 11 is 0. The van der Waals surface area contributed by atoms with Gasteiger partial charge < -0.3 is 9.73 Å². The summed E-state index contributed by atoms with van der Waals surface area (Å²) in [5, 5.41) is 10.4. The molecule has 0 bridgehead atoms. The van der Waals surface area contributed by atoms with Crippen molar-refractivity contribution in [3.63, 3.8) is 0 Å². The number of rotatable bonds is 4. The summed E-state index contributed by atoms with van der Waals surface area (Å²) < 4.78 is 5.01. The summed E-state index contributed by atoms with van der Waals surface area (Å²) in [6, 6.07) is 3.88. The Morgan fingerprint density at radius 2 is 2.40 bits per heavy atom. The molecule has 2 aromatic rings. The number of anilines is 1. The molecule has 0 unspecified atom stereocenters. The molecule has 2 rings (SSSR count). The van der Waals surface area contributed by atoms with Crippen LogP contribution in [-0.2, 0) is 0 Å². The lowest BCUT2D eigenvalue weighted by Gasteiger charge is -2.04.